The first kappa shape index (κ1) is 21.1. The van der Waals surface area contributed by atoms with E-state index < -0.39 is 5.82 Å². The quantitative estimate of drug-likeness (QED) is 0.684. The van der Waals surface area contributed by atoms with Crippen molar-refractivity contribution in [2.45, 2.75) is 13.5 Å². The molecule has 1 aliphatic rings. The minimum Gasteiger partial charge on any atom is -0.496 e. The molecular weight excluding hydrogens is 441 g/mol. The lowest BCUT2D eigenvalue weighted by atomic mass is 10.1. The highest BCUT2D eigenvalue weighted by atomic mass is 79.9. The van der Waals surface area contributed by atoms with Crippen molar-refractivity contribution < 1.29 is 18.7 Å². The number of nitrogens with zero attached hydrogens (tertiary/aromatic N) is 2. The predicted molar refractivity (Wildman–Crippen MR) is 113 cm³/mol. The number of hydrogen-bond donors (Lipinski definition) is 1. The Hall–Kier alpha value is -2.61. The minimum absolute atomic E-state index is 0.168. The number of benzene rings is 2. The van der Waals surface area contributed by atoms with E-state index in [0.29, 0.717) is 49.7 Å². The van der Waals surface area contributed by atoms with Gasteiger partial charge in [0.2, 0.25) is 0 Å². The van der Waals surface area contributed by atoms with Gasteiger partial charge in [-0.2, -0.15) is 0 Å². The first-order valence-corrected chi connectivity index (χ1v) is 10.1. The van der Waals surface area contributed by atoms with E-state index in [9.17, 15) is 14.0 Å². The standard InChI is InChI=1S/C21H23BrFN3O3/c1-14(27)15-3-5-19(18(23)12-15)25-7-9-26(10-8-25)21(28)24-13-16-11-17(22)4-6-20(16)29-2/h3-6,11-12H,7-10,13H2,1-2H3,(H,24,28). The van der Waals surface area contributed by atoms with E-state index >= 15 is 0 Å². The summed E-state index contributed by atoms with van der Waals surface area (Å²) >= 11 is 3.42. The number of rotatable bonds is 5. The van der Waals surface area contributed by atoms with Crippen molar-refractivity contribution in [3.05, 3.63) is 57.8 Å². The first-order chi connectivity index (χ1) is 13.9. The summed E-state index contributed by atoms with van der Waals surface area (Å²) in [5.41, 5.74) is 1.68. The van der Waals surface area contributed by atoms with Crippen LogP contribution in [0.15, 0.2) is 40.9 Å². The summed E-state index contributed by atoms with van der Waals surface area (Å²) in [6, 6.07) is 9.99. The van der Waals surface area contributed by atoms with Gasteiger partial charge >= 0.3 is 6.03 Å². The second kappa shape index (κ2) is 9.26. The van der Waals surface area contributed by atoms with Gasteiger partial charge in [-0.3, -0.25) is 4.79 Å². The number of ketones is 1. The molecule has 0 bridgehead atoms. The molecule has 1 saturated heterocycles. The molecule has 29 heavy (non-hydrogen) atoms. The van der Waals surface area contributed by atoms with E-state index in [-0.39, 0.29) is 11.8 Å². The highest BCUT2D eigenvalue weighted by molar-refractivity contribution is 9.10. The van der Waals surface area contributed by atoms with Crippen molar-refractivity contribution in [3.63, 3.8) is 0 Å². The molecule has 8 heteroatoms. The van der Waals surface area contributed by atoms with Gasteiger partial charge in [0, 0.05) is 48.3 Å². The molecule has 0 unspecified atom stereocenters. The van der Waals surface area contributed by atoms with Gasteiger partial charge in [0.05, 0.1) is 12.8 Å². The third-order valence-corrected chi connectivity index (χ3v) is 5.43. The van der Waals surface area contributed by atoms with Gasteiger partial charge in [-0.25, -0.2) is 9.18 Å². The summed E-state index contributed by atoms with van der Waals surface area (Å²) in [7, 11) is 1.59. The maximum absolute atomic E-state index is 14.4. The molecule has 1 N–H and O–H groups in total. The maximum atomic E-state index is 14.4. The lowest BCUT2D eigenvalue weighted by Gasteiger charge is -2.36. The van der Waals surface area contributed by atoms with Gasteiger partial charge in [0.1, 0.15) is 11.6 Å². The fraction of sp³-hybridized carbons (Fsp3) is 0.333. The predicted octanol–water partition coefficient (Wildman–Crippen LogP) is 3.83. The molecule has 6 nitrogen and oxygen atoms in total. The third-order valence-electron chi connectivity index (χ3n) is 4.93. The summed E-state index contributed by atoms with van der Waals surface area (Å²) in [5.74, 6) is 0.124. The molecule has 0 saturated carbocycles. The van der Waals surface area contributed by atoms with E-state index in [2.05, 4.69) is 21.2 Å². The largest absolute Gasteiger partial charge is 0.496 e. The molecule has 1 aliphatic heterocycles. The number of anilines is 1. The van der Waals surface area contributed by atoms with Gasteiger partial charge in [0.25, 0.3) is 0 Å². The Morgan fingerprint density at radius 2 is 1.86 bits per heavy atom. The summed E-state index contributed by atoms with van der Waals surface area (Å²) in [4.78, 5) is 27.5. The van der Waals surface area contributed by atoms with Crippen molar-refractivity contribution in [3.8, 4) is 5.75 Å². The Balaban J connectivity index is 1.56. The molecule has 154 valence electrons. The van der Waals surface area contributed by atoms with Crippen LogP contribution in [-0.4, -0.2) is 50.0 Å². The lowest BCUT2D eigenvalue weighted by molar-refractivity contribution is 0.101. The van der Waals surface area contributed by atoms with Crippen molar-refractivity contribution in [1.29, 1.82) is 0 Å². The summed E-state index contributed by atoms with van der Waals surface area (Å²) in [5, 5.41) is 2.91. The average Bonchev–Trinajstić information content (AvgIpc) is 2.72. The van der Waals surface area contributed by atoms with Crippen LogP contribution in [0.25, 0.3) is 0 Å². The number of amides is 2. The zero-order valence-corrected chi connectivity index (χ0v) is 18.0. The SMILES string of the molecule is COc1ccc(Br)cc1CNC(=O)N1CCN(c2ccc(C(C)=O)cc2F)CC1. The van der Waals surface area contributed by atoms with Crippen LogP contribution in [0.1, 0.15) is 22.8 Å². The maximum Gasteiger partial charge on any atom is 0.317 e. The van der Waals surface area contributed by atoms with Gasteiger partial charge in [0.15, 0.2) is 5.78 Å². The molecule has 0 aliphatic carbocycles. The number of methoxy groups -OCH3 is 1. The number of ether oxygens (including phenoxy) is 1. The zero-order valence-electron chi connectivity index (χ0n) is 16.4. The number of halogens is 2. The molecule has 0 atom stereocenters. The molecular formula is C21H23BrFN3O3. The van der Waals surface area contributed by atoms with Crippen LogP contribution >= 0.6 is 15.9 Å². The monoisotopic (exact) mass is 463 g/mol. The Morgan fingerprint density at radius 3 is 2.48 bits per heavy atom. The van der Waals surface area contributed by atoms with Gasteiger partial charge in [-0.1, -0.05) is 15.9 Å². The smallest absolute Gasteiger partial charge is 0.317 e. The number of piperazine rings is 1. The number of carbonyl (C=O) groups excluding carboxylic acids is 2. The zero-order chi connectivity index (χ0) is 21.0. The van der Waals surface area contributed by atoms with Crippen LogP contribution in [0, 0.1) is 5.82 Å². The molecule has 2 aromatic rings. The van der Waals surface area contributed by atoms with E-state index in [0.717, 1.165) is 10.0 Å². The molecule has 0 aromatic heterocycles. The molecule has 2 aromatic carbocycles. The fourth-order valence-corrected chi connectivity index (χ4v) is 3.71. The molecule has 2 amide bonds. The average molecular weight is 464 g/mol. The molecule has 0 spiro atoms. The van der Waals surface area contributed by atoms with Gasteiger partial charge in [-0.05, 0) is 43.3 Å². The van der Waals surface area contributed by atoms with E-state index in [1.54, 1.807) is 24.1 Å². The third kappa shape index (κ3) is 5.06. The lowest BCUT2D eigenvalue weighted by Crippen LogP contribution is -2.51. The van der Waals surface area contributed by atoms with Crippen molar-refractivity contribution >= 4 is 33.4 Å². The summed E-state index contributed by atoms with van der Waals surface area (Å²) < 4.78 is 20.6. The van der Waals surface area contributed by atoms with E-state index in [4.69, 9.17) is 4.74 Å². The van der Waals surface area contributed by atoms with Crippen molar-refractivity contribution in [2.75, 3.05) is 38.2 Å². The van der Waals surface area contributed by atoms with Crippen LogP contribution in [0.2, 0.25) is 0 Å². The van der Waals surface area contributed by atoms with Crippen LogP contribution in [0.4, 0.5) is 14.9 Å². The topological polar surface area (TPSA) is 61.9 Å². The fourth-order valence-electron chi connectivity index (χ4n) is 3.30. The number of hydrogen-bond acceptors (Lipinski definition) is 4. The molecule has 0 radical (unpaired) electrons. The van der Waals surface area contributed by atoms with Crippen molar-refractivity contribution in [2.24, 2.45) is 0 Å². The number of Topliss-reactive ketones (excluding diaryl/α,β-unsaturated/α-hetero) is 1. The number of nitrogens with one attached hydrogen (secondary N) is 1. The normalized spacial score (nSPS) is 13.9. The van der Waals surface area contributed by atoms with Crippen LogP contribution < -0.4 is 15.0 Å². The highest BCUT2D eigenvalue weighted by Crippen LogP contribution is 2.24. The van der Waals surface area contributed by atoms with Crippen LogP contribution in [0.5, 0.6) is 5.75 Å². The summed E-state index contributed by atoms with van der Waals surface area (Å²) in [6.07, 6.45) is 0. The van der Waals surface area contributed by atoms with Gasteiger partial charge < -0.3 is 19.9 Å². The molecule has 1 fully saturated rings. The minimum atomic E-state index is -0.419. The number of urea groups is 1. The molecule has 1 heterocycles. The highest BCUT2D eigenvalue weighted by Gasteiger charge is 2.23. The Kier molecular flexibility index (Phi) is 6.74. The van der Waals surface area contributed by atoms with Crippen LogP contribution in [-0.2, 0) is 6.54 Å². The van der Waals surface area contributed by atoms with E-state index in [1.807, 2.05) is 23.1 Å². The van der Waals surface area contributed by atoms with E-state index in [1.165, 1.54) is 13.0 Å². The van der Waals surface area contributed by atoms with Crippen molar-refractivity contribution in [1.82, 2.24) is 10.2 Å². The number of carbonyl (C=O) groups is 2. The second-order valence-electron chi connectivity index (χ2n) is 6.81. The Labute approximate surface area is 177 Å². The summed E-state index contributed by atoms with van der Waals surface area (Å²) in [6.45, 7) is 3.76. The molecule has 3 rings (SSSR count). The second-order valence-corrected chi connectivity index (χ2v) is 7.73. The Morgan fingerprint density at radius 1 is 1.14 bits per heavy atom. The van der Waals surface area contributed by atoms with Crippen LogP contribution in [0.3, 0.4) is 0 Å². The first-order valence-electron chi connectivity index (χ1n) is 9.29. The Bertz CT molecular complexity index is 914. The van der Waals surface area contributed by atoms with Gasteiger partial charge in [-0.15, -0.1) is 0 Å².